The van der Waals surface area contributed by atoms with Crippen molar-refractivity contribution in [3.63, 3.8) is 0 Å². The molecular weight excluding hydrogens is 228 g/mol. The molecule has 0 heterocycles. The highest BCUT2D eigenvalue weighted by Crippen LogP contribution is 2.42. The zero-order valence-corrected chi connectivity index (χ0v) is 10.5. The monoisotopic (exact) mass is 244 g/mol. The average molecular weight is 244 g/mol. The van der Waals surface area contributed by atoms with Crippen LogP contribution in [0.25, 0.3) is 0 Å². The van der Waals surface area contributed by atoms with Crippen molar-refractivity contribution < 1.29 is 14.6 Å². The minimum Gasteiger partial charge on any atom is -0.504 e. The lowest BCUT2D eigenvalue weighted by Gasteiger charge is -2.32. The van der Waals surface area contributed by atoms with E-state index >= 15 is 0 Å². The van der Waals surface area contributed by atoms with E-state index in [-0.39, 0.29) is 11.7 Å². The molecule has 0 saturated carbocycles. The predicted molar refractivity (Wildman–Crippen MR) is 69.2 cm³/mol. The second-order valence-corrected chi connectivity index (χ2v) is 4.64. The van der Waals surface area contributed by atoms with E-state index < -0.39 is 5.41 Å². The fraction of sp³-hybridized carbons (Fsp3) is 0.267. The van der Waals surface area contributed by atoms with Gasteiger partial charge in [0.05, 0.1) is 12.5 Å². The van der Waals surface area contributed by atoms with Gasteiger partial charge >= 0.3 is 0 Å². The summed E-state index contributed by atoms with van der Waals surface area (Å²) < 4.78 is 5.07. The van der Waals surface area contributed by atoms with Crippen LogP contribution >= 0.6 is 0 Å². The Bertz CT molecular complexity index is 502. The average Bonchev–Trinajstić information content (AvgIpc) is 2.42. The van der Waals surface area contributed by atoms with Gasteiger partial charge in [-0.3, -0.25) is 0 Å². The van der Waals surface area contributed by atoms with Crippen LogP contribution in [0.2, 0.25) is 0 Å². The summed E-state index contributed by atoms with van der Waals surface area (Å²) in [5.74, 6) is 0.234. The SMILES string of the molecule is COC1=CC(C)(C=O)C(c2ccccc2)C=C1O. The first-order valence-electron chi connectivity index (χ1n) is 5.80. The van der Waals surface area contributed by atoms with E-state index in [1.54, 1.807) is 12.2 Å². The molecule has 1 aliphatic carbocycles. The molecule has 1 aliphatic rings. The Morgan fingerprint density at radius 1 is 1.33 bits per heavy atom. The Morgan fingerprint density at radius 3 is 2.56 bits per heavy atom. The molecule has 0 bridgehead atoms. The van der Waals surface area contributed by atoms with E-state index in [2.05, 4.69) is 0 Å². The van der Waals surface area contributed by atoms with Gasteiger partial charge in [-0.15, -0.1) is 0 Å². The molecular formula is C15H16O3. The summed E-state index contributed by atoms with van der Waals surface area (Å²) in [7, 11) is 1.48. The number of carbonyl (C=O) groups is 1. The Balaban J connectivity index is 2.48. The summed E-state index contributed by atoms with van der Waals surface area (Å²) in [5, 5.41) is 9.88. The second-order valence-electron chi connectivity index (χ2n) is 4.64. The Hall–Kier alpha value is -2.03. The summed E-state index contributed by atoms with van der Waals surface area (Å²) in [6.07, 6.45) is 4.24. The number of carbonyl (C=O) groups excluding carboxylic acids is 1. The molecule has 2 unspecified atom stereocenters. The molecule has 2 atom stereocenters. The first-order chi connectivity index (χ1) is 8.60. The number of aldehydes is 1. The highest BCUT2D eigenvalue weighted by molar-refractivity contribution is 5.67. The van der Waals surface area contributed by atoms with Crippen LogP contribution in [0.5, 0.6) is 0 Å². The van der Waals surface area contributed by atoms with Crippen molar-refractivity contribution in [2.75, 3.05) is 7.11 Å². The van der Waals surface area contributed by atoms with Gasteiger partial charge in [0.2, 0.25) is 0 Å². The van der Waals surface area contributed by atoms with Crippen LogP contribution in [0.4, 0.5) is 0 Å². The van der Waals surface area contributed by atoms with Crippen LogP contribution in [0, 0.1) is 5.41 Å². The number of aliphatic hydroxyl groups is 1. The number of hydrogen-bond acceptors (Lipinski definition) is 3. The Labute approximate surface area is 106 Å². The van der Waals surface area contributed by atoms with Gasteiger partial charge in [0.15, 0.2) is 11.5 Å². The number of benzene rings is 1. The van der Waals surface area contributed by atoms with Gasteiger partial charge in [-0.05, 0) is 24.6 Å². The maximum absolute atomic E-state index is 11.4. The molecule has 0 spiro atoms. The van der Waals surface area contributed by atoms with Gasteiger partial charge in [0, 0.05) is 5.92 Å². The molecule has 0 aliphatic heterocycles. The molecule has 1 aromatic carbocycles. The van der Waals surface area contributed by atoms with Crippen LogP contribution in [-0.2, 0) is 9.53 Å². The smallest absolute Gasteiger partial charge is 0.157 e. The number of hydrogen-bond donors (Lipinski definition) is 1. The van der Waals surface area contributed by atoms with Crippen LogP contribution in [-0.4, -0.2) is 18.5 Å². The maximum Gasteiger partial charge on any atom is 0.157 e. The summed E-state index contributed by atoms with van der Waals surface area (Å²) in [4.78, 5) is 11.4. The van der Waals surface area contributed by atoms with Crippen LogP contribution < -0.4 is 0 Å². The van der Waals surface area contributed by atoms with Crippen molar-refractivity contribution >= 4 is 6.29 Å². The molecule has 0 saturated heterocycles. The number of ether oxygens (including phenoxy) is 1. The maximum atomic E-state index is 11.4. The molecule has 0 fully saturated rings. The summed E-state index contributed by atoms with van der Waals surface area (Å²) in [6, 6.07) is 9.65. The zero-order chi connectivity index (χ0) is 13.2. The highest BCUT2D eigenvalue weighted by Gasteiger charge is 2.37. The van der Waals surface area contributed by atoms with E-state index in [9.17, 15) is 9.90 Å². The van der Waals surface area contributed by atoms with E-state index in [0.29, 0.717) is 5.76 Å². The van der Waals surface area contributed by atoms with Crippen molar-refractivity contribution in [2.24, 2.45) is 5.41 Å². The zero-order valence-electron chi connectivity index (χ0n) is 10.5. The van der Waals surface area contributed by atoms with Crippen LogP contribution in [0.3, 0.4) is 0 Å². The number of aliphatic hydroxyl groups excluding tert-OH is 1. The van der Waals surface area contributed by atoms with Gasteiger partial charge in [0.25, 0.3) is 0 Å². The first kappa shape index (κ1) is 12.4. The standard InChI is InChI=1S/C15H16O3/c1-15(10-16)9-14(18-2)13(17)8-12(15)11-6-4-3-5-7-11/h3-10,12,17H,1-2H3. The lowest BCUT2D eigenvalue weighted by Crippen LogP contribution is -2.28. The van der Waals surface area contributed by atoms with E-state index in [1.165, 1.54) is 7.11 Å². The third-order valence-electron chi connectivity index (χ3n) is 3.32. The van der Waals surface area contributed by atoms with Crippen molar-refractivity contribution in [1.82, 2.24) is 0 Å². The fourth-order valence-electron chi connectivity index (χ4n) is 2.25. The van der Waals surface area contributed by atoms with E-state index in [1.807, 2.05) is 37.3 Å². The van der Waals surface area contributed by atoms with Crippen LogP contribution in [0.1, 0.15) is 18.4 Å². The van der Waals surface area contributed by atoms with Gasteiger partial charge in [0.1, 0.15) is 6.29 Å². The second kappa shape index (κ2) is 4.69. The van der Waals surface area contributed by atoms with E-state index in [0.717, 1.165) is 11.8 Å². The van der Waals surface area contributed by atoms with Crippen LogP contribution in [0.15, 0.2) is 54.0 Å². The molecule has 0 aromatic heterocycles. The molecule has 1 N–H and O–H groups in total. The minimum absolute atomic E-state index is 0.0747. The topological polar surface area (TPSA) is 46.5 Å². The molecule has 1 aromatic rings. The largest absolute Gasteiger partial charge is 0.504 e. The molecule has 3 heteroatoms. The van der Waals surface area contributed by atoms with Crippen molar-refractivity contribution in [2.45, 2.75) is 12.8 Å². The van der Waals surface area contributed by atoms with Crippen molar-refractivity contribution in [1.29, 1.82) is 0 Å². The molecule has 0 amide bonds. The van der Waals surface area contributed by atoms with Gasteiger partial charge in [-0.2, -0.15) is 0 Å². The quantitative estimate of drug-likeness (QED) is 0.831. The third-order valence-corrected chi connectivity index (χ3v) is 3.32. The number of rotatable bonds is 3. The minimum atomic E-state index is -0.709. The van der Waals surface area contributed by atoms with Gasteiger partial charge in [-0.1, -0.05) is 30.3 Å². The Morgan fingerprint density at radius 2 is 2.00 bits per heavy atom. The predicted octanol–water partition coefficient (Wildman–Crippen LogP) is 2.96. The van der Waals surface area contributed by atoms with Crippen molar-refractivity contribution in [3.8, 4) is 0 Å². The summed E-state index contributed by atoms with van der Waals surface area (Å²) >= 11 is 0. The summed E-state index contributed by atoms with van der Waals surface area (Å²) in [6.45, 7) is 1.83. The number of methoxy groups -OCH3 is 1. The highest BCUT2D eigenvalue weighted by atomic mass is 16.5. The van der Waals surface area contributed by atoms with Crippen molar-refractivity contribution in [3.05, 3.63) is 59.6 Å². The molecule has 94 valence electrons. The normalized spacial score (nSPS) is 27.1. The lowest BCUT2D eigenvalue weighted by atomic mass is 9.71. The van der Waals surface area contributed by atoms with Gasteiger partial charge < -0.3 is 14.6 Å². The molecule has 18 heavy (non-hydrogen) atoms. The van der Waals surface area contributed by atoms with E-state index in [4.69, 9.17) is 4.74 Å². The molecule has 0 radical (unpaired) electrons. The first-order valence-corrected chi connectivity index (χ1v) is 5.80. The molecule has 2 rings (SSSR count). The summed E-state index contributed by atoms with van der Waals surface area (Å²) in [5.41, 5.74) is 0.281. The number of allylic oxidation sites excluding steroid dienone is 2. The molecule has 3 nitrogen and oxygen atoms in total. The van der Waals surface area contributed by atoms with Gasteiger partial charge in [-0.25, -0.2) is 0 Å². The Kier molecular flexibility index (Phi) is 3.24. The lowest BCUT2D eigenvalue weighted by molar-refractivity contribution is -0.114. The fourth-order valence-corrected chi connectivity index (χ4v) is 2.25. The third kappa shape index (κ3) is 2.04.